The van der Waals surface area contributed by atoms with E-state index in [-0.39, 0.29) is 0 Å². The Hall–Kier alpha value is -0.630. The number of rotatable bonds is 3. The number of likely N-dealkylation sites (N-methyl/N-ethyl adjacent to an activating group) is 1. The SMILES string of the molecule is CCCC(=O)C1=C(C)CN(C)CC1. The van der Waals surface area contributed by atoms with Gasteiger partial charge < -0.3 is 4.90 Å². The van der Waals surface area contributed by atoms with Crippen molar-refractivity contribution in [3.05, 3.63) is 11.1 Å². The van der Waals surface area contributed by atoms with Gasteiger partial charge in [0.1, 0.15) is 0 Å². The van der Waals surface area contributed by atoms with E-state index in [0.717, 1.165) is 37.9 Å². The van der Waals surface area contributed by atoms with Crippen LogP contribution in [-0.4, -0.2) is 30.8 Å². The second-order valence-electron chi connectivity index (χ2n) is 3.92. The molecule has 0 aliphatic carbocycles. The van der Waals surface area contributed by atoms with E-state index >= 15 is 0 Å². The normalized spacial score (nSPS) is 19.3. The van der Waals surface area contributed by atoms with Crippen LogP contribution in [0.3, 0.4) is 0 Å². The summed E-state index contributed by atoms with van der Waals surface area (Å²) in [6.07, 6.45) is 2.63. The lowest BCUT2D eigenvalue weighted by Crippen LogP contribution is -2.29. The summed E-state index contributed by atoms with van der Waals surface area (Å²) in [5.41, 5.74) is 2.37. The van der Waals surface area contributed by atoms with E-state index in [2.05, 4.69) is 25.8 Å². The molecule has 74 valence electrons. The lowest BCUT2D eigenvalue weighted by Gasteiger charge is -2.25. The predicted molar refractivity (Wildman–Crippen MR) is 54.7 cm³/mol. The molecule has 13 heavy (non-hydrogen) atoms. The molecule has 0 radical (unpaired) electrons. The number of hydrogen-bond acceptors (Lipinski definition) is 2. The van der Waals surface area contributed by atoms with E-state index in [9.17, 15) is 4.79 Å². The van der Waals surface area contributed by atoms with Gasteiger partial charge in [-0.05, 0) is 32.4 Å². The first kappa shape index (κ1) is 10.5. The number of hydrogen-bond donors (Lipinski definition) is 0. The maximum atomic E-state index is 11.6. The Labute approximate surface area is 80.6 Å². The zero-order chi connectivity index (χ0) is 9.84. The molecule has 0 bridgehead atoms. The highest BCUT2D eigenvalue weighted by Crippen LogP contribution is 2.18. The van der Waals surface area contributed by atoms with Crippen LogP contribution in [0.1, 0.15) is 33.1 Å². The van der Waals surface area contributed by atoms with Gasteiger partial charge in [0.15, 0.2) is 5.78 Å². The minimum absolute atomic E-state index is 0.369. The molecule has 0 saturated carbocycles. The van der Waals surface area contributed by atoms with Crippen molar-refractivity contribution in [1.82, 2.24) is 4.90 Å². The van der Waals surface area contributed by atoms with Crippen molar-refractivity contribution in [3.8, 4) is 0 Å². The number of nitrogens with zero attached hydrogens (tertiary/aromatic N) is 1. The second kappa shape index (κ2) is 4.56. The molecular formula is C11H19NO. The minimum Gasteiger partial charge on any atom is -0.302 e. The van der Waals surface area contributed by atoms with Crippen LogP contribution in [0.4, 0.5) is 0 Å². The molecule has 0 aromatic rings. The summed E-state index contributed by atoms with van der Waals surface area (Å²) in [5, 5.41) is 0. The van der Waals surface area contributed by atoms with Gasteiger partial charge in [-0.2, -0.15) is 0 Å². The fourth-order valence-electron chi connectivity index (χ4n) is 1.85. The molecule has 0 aromatic carbocycles. The molecule has 1 aliphatic heterocycles. The standard InChI is InChI=1S/C11H19NO/c1-4-5-11(13)10-6-7-12(3)8-9(10)2/h4-8H2,1-3H3. The molecule has 2 heteroatoms. The highest BCUT2D eigenvalue weighted by molar-refractivity contribution is 5.96. The third-order valence-electron chi connectivity index (χ3n) is 2.58. The maximum Gasteiger partial charge on any atom is 0.158 e. The molecule has 2 nitrogen and oxygen atoms in total. The molecule has 0 spiro atoms. The van der Waals surface area contributed by atoms with Crippen LogP contribution in [-0.2, 0) is 4.79 Å². The monoisotopic (exact) mass is 181 g/mol. The summed E-state index contributed by atoms with van der Waals surface area (Å²) in [4.78, 5) is 13.9. The zero-order valence-electron chi connectivity index (χ0n) is 8.89. The number of carbonyl (C=O) groups excluding carboxylic acids is 1. The van der Waals surface area contributed by atoms with Crippen molar-refractivity contribution in [1.29, 1.82) is 0 Å². The van der Waals surface area contributed by atoms with Crippen molar-refractivity contribution in [3.63, 3.8) is 0 Å². The van der Waals surface area contributed by atoms with Crippen molar-refractivity contribution in [2.45, 2.75) is 33.1 Å². The molecular weight excluding hydrogens is 162 g/mol. The van der Waals surface area contributed by atoms with Gasteiger partial charge in [0, 0.05) is 19.5 Å². The van der Waals surface area contributed by atoms with E-state index in [4.69, 9.17) is 0 Å². The molecule has 1 rings (SSSR count). The molecule has 0 N–H and O–H groups in total. The van der Waals surface area contributed by atoms with Gasteiger partial charge in [-0.1, -0.05) is 12.5 Å². The van der Waals surface area contributed by atoms with Crippen LogP contribution in [0.5, 0.6) is 0 Å². The van der Waals surface area contributed by atoms with Crippen LogP contribution in [0.15, 0.2) is 11.1 Å². The summed E-state index contributed by atoms with van der Waals surface area (Å²) in [7, 11) is 2.10. The first-order valence-corrected chi connectivity index (χ1v) is 5.05. The number of Topliss-reactive ketones (excluding diaryl/α,β-unsaturated/α-hetero) is 1. The molecule has 0 aromatic heterocycles. The van der Waals surface area contributed by atoms with Gasteiger partial charge >= 0.3 is 0 Å². The Kier molecular flexibility index (Phi) is 3.67. The third-order valence-corrected chi connectivity index (χ3v) is 2.58. The smallest absolute Gasteiger partial charge is 0.158 e. The Balaban J connectivity index is 2.67. The first-order valence-electron chi connectivity index (χ1n) is 5.05. The summed E-state index contributed by atoms with van der Waals surface area (Å²) in [5.74, 6) is 0.369. The quantitative estimate of drug-likeness (QED) is 0.664. The van der Waals surface area contributed by atoms with Crippen molar-refractivity contribution in [2.24, 2.45) is 0 Å². The lowest BCUT2D eigenvalue weighted by molar-refractivity contribution is -0.115. The number of ketones is 1. The van der Waals surface area contributed by atoms with Crippen LogP contribution < -0.4 is 0 Å². The molecule has 0 atom stereocenters. The van der Waals surface area contributed by atoms with E-state index < -0.39 is 0 Å². The van der Waals surface area contributed by atoms with E-state index in [1.165, 1.54) is 5.57 Å². The Morgan fingerprint density at radius 2 is 2.23 bits per heavy atom. The Morgan fingerprint density at radius 1 is 1.54 bits per heavy atom. The van der Waals surface area contributed by atoms with Crippen LogP contribution >= 0.6 is 0 Å². The third kappa shape index (κ3) is 2.66. The lowest BCUT2D eigenvalue weighted by atomic mass is 9.95. The maximum absolute atomic E-state index is 11.6. The fraction of sp³-hybridized carbons (Fsp3) is 0.727. The van der Waals surface area contributed by atoms with E-state index in [1.54, 1.807) is 0 Å². The average molecular weight is 181 g/mol. The topological polar surface area (TPSA) is 20.3 Å². The van der Waals surface area contributed by atoms with Crippen LogP contribution in [0, 0.1) is 0 Å². The molecule has 0 amide bonds. The summed E-state index contributed by atoms with van der Waals surface area (Å²) in [6.45, 7) is 6.13. The Morgan fingerprint density at radius 3 is 2.77 bits per heavy atom. The highest BCUT2D eigenvalue weighted by atomic mass is 16.1. The van der Waals surface area contributed by atoms with Gasteiger partial charge in [0.05, 0.1) is 0 Å². The van der Waals surface area contributed by atoms with Crippen LogP contribution in [0.25, 0.3) is 0 Å². The molecule has 0 unspecified atom stereocenters. The van der Waals surface area contributed by atoms with Gasteiger partial charge in [-0.3, -0.25) is 4.79 Å². The van der Waals surface area contributed by atoms with E-state index in [1.807, 2.05) is 0 Å². The summed E-state index contributed by atoms with van der Waals surface area (Å²) < 4.78 is 0. The predicted octanol–water partition coefficient (Wildman–Crippen LogP) is 2.01. The Bertz CT molecular complexity index is 230. The molecule has 1 heterocycles. The van der Waals surface area contributed by atoms with Gasteiger partial charge in [0.2, 0.25) is 0 Å². The summed E-state index contributed by atoms with van der Waals surface area (Å²) >= 11 is 0. The summed E-state index contributed by atoms with van der Waals surface area (Å²) in [6, 6.07) is 0. The largest absolute Gasteiger partial charge is 0.302 e. The molecule has 1 aliphatic rings. The minimum atomic E-state index is 0.369. The number of carbonyl (C=O) groups is 1. The molecule has 0 fully saturated rings. The zero-order valence-corrected chi connectivity index (χ0v) is 8.89. The fourth-order valence-corrected chi connectivity index (χ4v) is 1.85. The first-order chi connectivity index (χ1) is 6.15. The van der Waals surface area contributed by atoms with Crippen molar-refractivity contribution < 1.29 is 4.79 Å². The van der Waals surface area contributed by atoms with Crippen molar-refractivity contribution in [2.75, 3.05) is 20.1 Å². The highest BCUT2D eigenvalue weighted by Gasteiger charge is 2.17. The molecule has 0 saturated heterocycles. The van der Waals surface area contributed by atoms with Gasteiger partial charge in [-0.15, -0.1) is 0 Å². The second-order valence-corrected chi connectivity index (χ2v) is 3.92. The average Bonchev–Trinajstić information content (AvgIpc) is 2.04. The van der Waals surface area contributed by atoms with Gasteiger partial charge in [0.25, 0.3) is 0 Å². The van der Waals surface area contributed by atoms with E-state index in [0.29, 0.717) is 5.78 Å². The van der Waals surface area contributed by atoms with Crippen molar-refractivity contribution >= 4 is 5.78 Å². The van der Waals surface area contributed by atoms with Gasteiger partial charge in [-0.25, -0.2) is 0 Å². The van der Waals surface area contributed by atoms with Crippen LogP contribution in [0.2, 0.25) is 0 Å².